The zero-order valence-electron chi connectivity index (χ0n) is 15.9. The van der Waals surface area contributed by atoms with Gasteiger partial charge in [0.25, 0.3) is 5.56 Å². The molecule has 3 heterocycles. The Labute approximate surface area is 164 Å². The summed E-state index contributed by atoms with van der Waals surface area (Å²) in [5.41, 5.74) is 3.92. The van der Waals surface area contributed by atoms with Crippen LogP contribution in [0.5, 0.6) is 0 Å². The van der Waals surface area contributed by atoms with Crippen molar-refractivity contribution in [2.24, 2.45) is 0 Å². The standard InChI is InChI=1S/C22H25N5O/c28-21-16-20(22(25-24-21)19-8-2-1-3-9-19)27-14-12-26(13-15-27)11-5-7-18-6-4-10-23-17-18/h1-4,6,8-10,16-17H,5,7,11-15H2,(H,24,28). The van der Waals surface area contributed by atoms with E-state index in [9.17, 15) is 4.79 Å². The lowest BCUT2D eigenvalue weighted by atomic mass is 10.1. The molecule has 0 spiro atoms. The number of nitrogens with zero attached hydrogens (tertiary/aromatic N) is 4. The second-order valence-electron chi connectivity index (χ2n) is 7.13. The minimum atomic E-state index is -0.159. The largest absolute Gasteiger partial charge is 0.367 e. The van der Waals surface area contributed by atoms with Crippen LogP contribution >= 0.6 is 0 Å². The van der Waals surface area contributed by atoms with Crippen molar-refractivity contribution in [2.75, 3.05) is 37.6 Å². The summed E-state index contributed by atoms with van der Waals surface area (Å²) in [4.78, 5) is 20.9. The van der Waals surface area contributed by atoms with Crippen molar-refractivity contribution in [3.63, 3.8) is 0 Å². The Morgan fingerprint density at radius 1 is 1.00 bits per heavy atom. The summed E-state index contributed by atoms with van der Waals surface area (Å²) in [5, 5.41) is 6.91. The summed E-state index contributed by atoms with van der Waals surface area (Å²) < 4.78 is 0. The van der Waals surface area contributed by atoms with Crippen LogP contribution in [0.4, 0.5) is 5.69 Å². The highest BCUT2D eigenvalue weighted by atomic mass is 16.1. The fourth-order valence-electron chi connectivity index (χ4n) is 3.71. The monoisotopic (exact) mass is 375 g/mol. The Morgan fingerprint density at radius 2 is 1.82 bits per heavy atom. The fourth-order valence-corrected chi connectivity index (χ4v) is 3.71. The van der Waals surface area contributed by atoms with Gasteiger partial charge in [0, 0.05) is 50.2 Å². The maximum absolute atomic E-state index is 11.9. The van der Waals surface area contributed by atoms with E-state index in [1.54, 1.807) is 6.07 Å². The van der Waals surface area contributed by atoms with Crippen LogP contribution in [0.25, 0.3) is 11.3 Å². The number of anilines is 1. The third-order valence-corrected chi connectivity index (χ3v) is 5.21. The van der Waals surface area contributed by atoms with Crippen LogP contribution in [-0.4, -0.2) is 52.8 Å². The van der Waals surface area contributed by atoms with Gasteiger partial charge in [0.15, 0.2) is 0 Å². The number of pyridine rings is 1. The van der Waals surface area contributed by atoms with E-state index in [4.69, 9.17) is 0 Å². The van der Waals surface area contributed by atoms with Gasteiger partial charge < -0.3 is 4.90 Å². The Balaban J connectivity index is 1.37. The first-order valence-electron chi connectivity index (χ1n) is 9.81. The minimum Gasteiger partial charge on any atom is -0.367 e. The van der Waals surface area contributed by atoms with Crippen LogP contribution in [0, 0.1) is 0 Å². The first-order valence-corrected chi connectivity index (χ1v) is 9.81. The Hall–Kier alpha value is -2.99. The molecule has 1 saturated heterocycles. The summed E-state index contributed by atoms with van der Waals surface area (Å²) in [6.07, 6.45) is 5.95. The molecule has 0 amide bonds. The fraction of sp³-hybridized carbons (Fsp3) is 0.318. The van der Waals surface area contributed by atoms with Crippen LogP contribution in [-0.2, 0) is 6.42 Å². The normalized spacial score (nSPS) is 14.9. The lowest BCUT2D eigenvalue weighted by molar-refractivity contribution is 0.255. The van der Waals surface area contributed by atoms with E-state index in [2.05, 4.69) is 31.0 Å². The molecule has 0 aliphatic carbocycles. The summed E-state index contributed by atoms with van der Waals surface area (Å²) in [7, 11) is 0. The molecule has 0 unspecified atom stereocenters. The van der Waals surface area contributed by atoms with E-state index in [1.165, 1.54) is 5.56 Å². The van der Waals surface area contributed by atoms with E-state index >= 15 is 0 Å². The molecule has 6 nitrogen and oxygen atoms in total. The SMILES string of the molecule is O=c1cc(N2CCN(CCCc3cccnc3)CC2)c(-c2ccccc2)n[nH]1. The predicted octanol–water partition coefficient (Wildman–Crippen LogP) is 2.59. The molecular formula is C22H25N5O. The lowest BCUT2D eigenvalue weighted by Gasteiger charge is -2.36. The first-order chi connectivity index (χ1) is 13.8. The molecule has 1 N–H and O–H groups in total. The summed E-state index contributed by atoms with van der Waals surface area (Å²) in [5.74, 6) is 0. The highest BCUT2D eigenvalue weighted by Gasteiger charge is 2.20. The molecule has 1 aliphatic rings. The van der Waals surface area contributed by atoms with Gasteiger partial charge in [-0.2, -0.15) is 5.10 Å². The molecule has 0 saturated carbocycles. The molecular weight excluding hydrogens is 350 g/mol. The van der Waals surface area contributed by atoms with Crippen LogP contribution < -0.4 is 10.5 Å². The van der Waals surface area contributed by atoms with Crippen molar-refractivity contribution in [1.82, 2.24) is 20.1 Å². The first kappa shape index (κ1) is 18.4. The lowest BCUT2D eigenvalue weighted by Crippen LogP contribution is -2.47. The topological polar surface area (TPSA) is 65.1 Å². The highest BCUT2D eigenvalue weighted by Crippen LogP contribution is 2.27. The quantitative estimate of drug-likeness (QED) is 0.717. The van der Waals surface area contributed by atoms with E-state index in [-0.39, 0.29) is 5.56 Å². The van der Waals surface area contributed by atoms with Crippen molar-refractivity contribution in [2.45, 2.75) is 12.8 Å². The van der Waals surface area contributed by atoms with Gasteiger partial charge >= 0.3 is 0 Å². The zero-order chi connectivity index (χ0) is 19.2. The molecule has 3 aromatic rings. The maximum atomic E-state index is 11.9. The van der Waals surface area contributed by atoms with Crippen LogP contribution in [0.15, 0.2) is 65.7 Å². The van der Waals surface area contributed by atoms with Crippen LogP contribution in [0.3, 0.4) is 0 Å². The van der Waals surface area contributed by atoms with Gasteiger partial charge in [0.05, 0.1) is 5.69 Å². The Morgan fingerprint density at radius 3 is 2.57 bits per heavy atom. The van der Waals surface area contributed by atoms with Gasteiger partial charge in [-0.3, -0.25) is 14.7 Å². The average Bonchev–Trinajstić information content (AvgIpc) is 2.76. The average molecular weight is 375 g/mol. The number of piperazine rings is 1. The van der Waals surface area contributed by atoms with Crippen molar-refractivity contribution in [3.05, 3.63) is 76.8 Å². The molecule has 28 heavy (non-hydrogen) atoms. The summed E-state index contributed by atoms with van der Waals surface area (Å²) in [6.45, 7) is 4.87. The second kappa shape index (κ2) is 8.80. The molecule has 0 bridgehead atoms. The predicted molar refractivity (Wildman–Crippen MR) is 112 cm³/mol. The number of hydrogen-bond acceptors (Lipinski definition) is 5. The molecule has 144 valence electrons. The number of benzene rings is 1. The third-order valence-electron chi connectivity index (χ3n) is 5.21. The molecule has 1 aliphatic heterocycles. The molecule has 6 heteroatoms. The molecule has 0 atom stereocenters. The third kappa shape index (κ3) is 4.46. The highest BCUT2D eigenvalue weighted by molar-refractivity contribution is 5.74. The summed E-state index contributed by atoms with van der Waals surface area (Å²) in [6, 6.07) is 15.8. The molecule has 2 aromatic heterocycles. The van der Waals surface area contributed by atoms with Crippen molar-refractivity contribution in [1.29, 1.82) is 0 Å². The summed E-state index contributed by atoms with van der Waals surface area (Å²) >= 11 is 0. The zero-order valence-corrected chi connectivity index (χ0v) is 15.9. The van der Waals surface area contributed by atoms with Crippen molar-refractivity contribution >= 4 is 5.69 Å². The number of hydrogen-bond donors (Lipinski definition) is 1. The van der Waals surface area contributed by atoms with Crippen LogP contribution in [0.1, 0.15) is 12.0 Å². The Kier molecular flexibility index (Phi) is 5.77. The second-order valence-corrected chi connectivity index (χ2v) is 7.13. The number of aromatic amines is 1. The smallest absolute Gasteiger partial charge is 0.266 e. The molecule has 0 radical (unpaired) electrons. The van der Waals surface area contributed by atoms with Crippen molar-refractivity contribution < 1.29 is 0 Å². The van der Waals surface area contributed by atoms with E-state index in [0.717, 1.165) is 62.5 Å². The minimum absolute atomic E-state index is 0.159. The van der Waals surface area contributed by atoms with E-state index in [0.29, 0.717) is 0 Å². The van der Waals surface area contributed by atoms with Gasteiger partial charge in [-0.05, 0) is 31.0 Å². The number of aromatic nitrogens is 3. The van der Waals surface area contributed by atoms with Gasteiger partial charge in [-0.25, -0.2) is 5.10 Å². The Bertz CT molecular complexity index is 934. The van der Waals surface area contributed by atoms with Gasteiger partial charge in [0.1, 0.15) is 5.69 Å². The van der Waals surface area contributed by atoms with E-state index in [1.807, 2.05) is 48.8 Å². The maximum Gasteiger partial charge on any atom is 0.266 e. The number of rotatable bonds is 6. The number of nitrogens with one attached hydrogen (secondary N) is 1. The van der Waals surface area contributed by atoms with Gasteiger partial charge in [-0.1, -0.05) is 36.4 Å². The molecule has 1 aromatic carbocycles. The van der Waals surface area contributed by atoms with Gasteiger partial charge in [-0.15, -0.1) is 0 Å². The van der Waals surface area contributed by atoms with Gasteiger partial charge in [0.2, 0.25) is 0 Å². The molecule has 4 rings (SSSR count). The van der Waals surface area contributed by atoms with E-state index < -0.39 is 0 Å². The number of aryl methyl sites for hydroxylation is 1. The van der Waals surface area contributed by atoms with Crippen molar-refractivity contribution in [3.8, 4) is 11.3 Å². The van der Waals surface area contributed by atoms with Crippen LogP contribution in [0.2, 0.25) is 0 Å². The molecule has 1 fully saturated rings. The number of H-pyrrole nitrogens is 1.